The number of nitrogens with two attached hydrogens (primary N) is 1. The van der Waals surface area contributed by atoms with Crippen molar-refractivity contribution in [3.63, 3.8) is 0 Å². The summed E-state index contributed by atoms with van der Waals surface area (Å²) in [6, 6.07) is 30.8. The molecule has 7 aromatic rings. The van der Waals surface area contributed by atoms with Crippen LogP contribution in [0.15, 0.2) is 143 Å². The number of carbonyl (C=O) groups is 2. The Morgan fingerprint density at radius 3 is 1.72 bits per heavy atom. The van der Waals surface area contributed by atoms with Crippen LogP contribution in [0, 0.1) is 10.1 Å². The lowest BCUT2D eigenvalue weighted by Crippen LogP contribution is -2.28. The maximum Gasteiger partial charge on any atom is 0.320 e. The molecule has 0 aliphatic rings. The lowest BCUT2D eigenvalue weighted by atomic mass is 9.93. The average Bonchev–Trinajstić information content (AvgIpc) is 3.95. The first kappa shape index (κ1) is 47.1. The number of ether oxygens (including phenoxy) is 3. The van der Waals surface area contributed by atoms with E-state index >= 15 is 0 Å². The fraction of sp³-hybridized carbons (Fsp3) is 0.234. The first-order valence-corrected chi connectivity index (χ1v) is 20.0. The standard InChI is InChI=1S/C20H22N4O3.C15H16N2O5.C12H12N2O/c1-20(2,3)17-12-18(24-27-17)23-19(25)22-13-14-5-4-6-16(11-14)26-15-7-9-21-10-8-15;1-15(2,3)13-8-10(16-22-13)9-14(18)21-12-6-4-11(5-7-12)17(19)20;13-9-10-2-1-3-12(8-10)15-11-4-6-14-7-5-11/h4-12H,13H2,1-3H3,(H2,22,23,24,25);4-8H,9H2,1-3H3;1-8H,9,13H2. The number of rotatable bonds is 12. The molecule has 332 valence electrons. The van der Waals surface area contributed by atoms with E-state index in [0.717, 1.165) is 22.6 Å². The van der Waals surface area contributed by atoms with Crippen molar-refractivity contribution in [2.75, 3.05) is 5.32 Å². The van der Waals surface area contributed by atoms with Gasteiger partial charge in [0.1, 0.15) is 40.3 Å². The number of carbonyl (C=O) groups excluding carboxylic acids is 2. The molecule has 17 heteroatoms. The summed E-state index contributed by atoms with van der Waals surface area (Å²) < 4.78 is 26.9. The molecule has 3 aromatic carbocycles. The summed E-state index contributed by atoms with van der Waals surface area (Å²) in [5, 5.41) is 23.7. The quantitative estimate of drug-likeness (QED) is 0.0449. The fourth-order valence-corrected chi connectivity index (χ4v) is 5.27. The number of benzene rings is 3. The van der Waals surface area contributed by atoms with Gasteiger partial charge >= 0.3 is 12.0 Å². The SMILES string of the molecule is CC(C)(C)c1cc(CC(=O)Oc2ccc([N+](=O)[O-])cc2)no1.CC(C)(C)c1cc(NC(=O)NCc2cccc(Oc3ccncc3)c2)no1.NCc1cccc(Oc2ccncc2)c1. The Hall–Kier alpha value is -7.92. The van der Waals surface area contributed by atoms with Crippen LogP contribution < -0.4 is 30.6 Å². The highest BCUT2D eigenvalue weighted by Gasteiger charge is 2.22. The number of hydrogen-bond acceptors (Lipinski definition) is 14. The van der Waals surface area contributed by atoms with Crippen LogP contribution in [0.25, 0.3) is 0 Å². The van der Waals surface area contributed by atoms with Crippen LogP contribution in [-0.4, -0.2) is 37.2 Å². The van der Waals surface area contributed by atoms with Crippen LogP contribution in [0.5, 0.6) is 28.7 Å². The number of nitro groups is 1. The minimum atomic E-state index is -0.519. The van der Waals surface area contributed by atoms with Crippen LogP contribution in [0.4, 0.5) is 16.3 Å². The molecule has 4 aromatic heterocycles. The number of nitro benzene ring substituents is 1. The van der Waals surface area contributed by atoms with Gasteiger partial charge in [0.15, 0.2) is 5.82 Å². The molecular formula is C47H50N8O9. The monoisotopic (exact) mass is 870 g/mol. The van der Waals surface area contributed by atoms with E-state index in [9.17, 15) is 19.7 Å². The summed E-state index contributed by atoms with van der Waals surface area (Å²) in [6.07, 6.45) is 6.70. The highest BCUT2D eigenvalue weighted by Crippen LogP contribution is 2.26. The Bertz CT molecular complexity index is 2570. The summed E-state index contributed by atoms with van der Waals surface area (Å²) in [5.41, 5.74) is 7.58. The number of hydrogen-bond donors (Lipinski definition) is 3. The third kappa shape index (κ3) is 15.5. The maximum absolute atomic E-state index is 12.1. The van der Waals surface area contributed by atoms with E-state index in [1.54, 1.807) is 49.1 Å². The zero-order valence-corrected chi connectivity index (χ0v) is 36.3. The second kappa shape index (κ2) is 22.3. The van der Waals surface area contributed by atoms with Gasteiger partial charge in [0.2, 0.25) is 0 Å². The Morgan fingerprint density at radius 2 is 1.20 bits per heavy atom. The van der Waals surface area contributed by atoms with Crippen molar-refractivity contribution in [3.8, 4) is 28.7 Å². The highest BCUT2D eigenvalue weighted by atomic mass is 16.6. The Labute approximate surface area is 370 Å². The largest absolute Gasteiger partial charge is 0.457 e. The first-order valence-electron chi connectivity index (χ1n) is 20.0. The predicted octanol–water partition coefficient (Wildman–Crippen LogP) is 9.84. The van der Waals surface area contributed by atoms with E-state index in [1.807, 2.05) is 102 Å². The number of non-ortho nitro benzene ring substituents is 1. The van der Waals surface area contributed by atoms with Crippen molar-refractivity contribution in [3.05, 3.63) is 172 Å². The van der Waals surface area contributed by atoms with Gasteiger partial charge in [-0.05, 0) is 71.8 Å². The van der Waals surface area contributed by atoms with E-state index in [4.69, 9.17) is 29.0 Å². The molecule has 0 atom stereocenters. The molecule has 0 saturated heterocycles. The molecule has 0 unspecified atom stereocenters. The molecule has 0 aliphatic carbocycles. The van der Waals surface area contributed by atoms with Gasteiger partial charge in [-0.15, -0.1) is 0 Å². The first-order chi connectivity index (χ1) is 30.5. The third-order valence-corrected chi connectivity index (χ3v) is 8.65. The topological polar surface area (TPSA) is 233 Å². The Balaban J connectivity index is 0.000000188. The number of amides is 2. The molecule has 17 nitrogen and oxygen atoms in total. The number of urea groups is 1. The van der Waals surface area contributed by atoms with Crippen LogP contribution in [-0.2, 0) is 35.1 Å². The average molecular weight is 871 g/mol. The van der Waals surface area contributed by atoms with Crippen LogP contribution in [0.3, 0.4) is 0 Å². The van der Waals surface area contributed by atoms with Gasteiger partial charge in [0.25, 0.3) is 5.69 Å². The molecule has 7 rings (SSSR count). The number of aromatic nitrogens is 4. The predicted molar refractivity (Wildman–Crippen MR) is 238 cm³/mol. The van der Waals surface area contributed by atoms with Crippen molar-refractivity contribution in [1.82, 2.24) is 25.6 Å². The molecule has 0 spiro atoms. The van der Waals surface area contributed by atoms with E-state index in [-0.39, 0.29) is 34.7 Å². The fourth-order valence-electron chi connectivity index (χ4n) is 5.27. The summed E-state index contributed by atoms with van der Waals surface area (Å²) in [4.78, 5) is 41.8. The maximum atomic E-state index is 12.1. The van der Waals surface area contributed by atoms with Gasteiger partial charge in [0.05, 0.1) is 17.0 Å². The van der Waals surface area contributed by atoms with E-state index in [2.05, 4.69) is 30.9 Å². The number of anilines is 1. The molecule has 4 N–H and O–H groups in total. The van der Waals surface area contributed by atoms with Crippen LogP contribution >= 0.6 is 0 Å². The summed E-state index contributed by atoms with van der Waals surface area (Å²) in [7, 11) is 0. The minimum Gasteiger partial charge on any atom is -0.457 e. The van der Waals surface area contributed by atoms with Crippen LogP contribution in [0.2, 0.25) is 0 Å². The summed E-state index contributed by atoms with van der Waals surface area (Å²) in [5.74, 6) is 4.47. The second-order valence-corrected chi connectivity index (χ2v) is 16.0. The summed E-state index contributed by atoms with van der Waals surface area (Å²) in [6.45, 7) is 12.8. The van der Waals surface area contributed by atoms with E-state index in [1.165, 1.54) is 24.3 Å². The smallest absolute Gasteiger partial charge is 0.320 e. The Morgan fingerprint density at radius 1 is 0.672 bits per heavy atom. The van der Waals surface area contributed by atoms with Gasteiger partial charge in [-0.3, -0.25) is 30.2 Å². The number of esters is 1. The van der Waals surface area contributed by atoms with E-state index < -0.39 is 10.9 Å². The zero-order valence-electron chi connectivity index (χ0n) is 36.3. The second-order valence-electron chi connectivity index (χ2n) is 16.0. The van der Waals surface area contributed by atoms with Crippen molar-refractivity contribution < 1.29 is 37.8 Å². The van der Waals surface area contributed by atoms with Gasteiger partial charge < -0.3 is 34.3 Å². The van der Waals surface area contributed by atoms with Crippen molar-refractivity contribution in [2.24, 2.45) is 5.73 Å². The van der Waals surface area contributed by atoms with Crippen molar-refractivity contribution in [1.29, 1.82) is 0 Å². The van der Waals surface area contributed by atoms with Gasteiger partial charge in [0, 0.05) is 73.0 Å². The molecular weight excluding hydrogens is 821 g/mol. The molecule has 0 fully saturated rings. The number of nitrogens with one attached hydrogen (secondary N) is 2. The van der Waals surface area contributed by atoms with Crippen molar-refractivity contribution >= 4 is 23.5 Å². The molecule has 0 bridgehead atoms. The number of nitrogens with zero attached hydrogens (tertiary/aromatic N) is 5. The van der Waals surface area contributed by atoms with Crippen molar-refractivity contribution in [2.45, 2.75) is 71.9 Å². The molecule has 0 aliphatic heterocycles. The minimum absolute atomic E-state index is 0.0312. The highest BCUT2D eigenvalue weighted by molar-refractivity contribution is 5.88. The molecule has 4 heterocycles. The summed E-state index contributed by atoms with van der Waals surface area (Å²) >= 11 is 0. The molecule has 0 radical (unpaired) electrons. The lowest BCUT2D eigenvalue weighted by Gasteiger charge is -2.12. The normalized spacial score (nSPS) is 10.9. The lowest BCUT2D eigenvalue weighted by molar-refractivity contribution is -0.384. The molecule has 64 heavy (non-hydrogen) atoms. The zero-order chi connectivity index (χ0) is 46.1. The molecule has 0 saturated carbocycles. The number of pyridine rings is 2. The van der Waals surface area contributed by atoms with Crippen LogP contribution in [0.1, 0.15) is 69.9 Å². The van der Waals surface area contributed by atoms with E-state index in [0.29, 0.717) is 47.6 Å². The van der Waals surface area contributed by atoms with Gasteiger partial charge in [-0.2, -0.15) is 0 Å². The Kier molecular flexibility index (Phi) is 16.4. The third-order valence-electron chi connectivity index (χ3n) is 8.65. The van der Waals surface area contributed by atoms with Gasteiger partial charge in [-0.1, -0.05) is 76.1 Å². The van der Waals surface area contributed by atoms with Gasteiger partial charge in [-0.25, -0.2) is 4.79 Å². The molecule has 2 amide bonds.